The number of nitrogens with zero attached hydrogens (tertiary/aromatic N) is 7. The summed E-state index contributed by atoms with van der Waals surface area (Å²) in [6.45, 7) is 1.54. The Balaban J connectivity index is 1.26. The molecule has 344 valence electrons. The molecule has 0 bridgehead atoms. The average molecular weight is 1010 g/mol. The first-order chi connectivity index (χ1) is 32.1. The number of rotatable bonds is 13. The normalized spacial score (nSPS) is 12.5. The van der Waals surface area contributed by atoms with Crippen LogP contribution in [0.2, 0.25) is 0 Å². The standard InChI is InChI=1S/C42H29N9O12S5/c1-23-34(22-43)39(44-27-11-15-30(16-12-27)65(52,53)54)47-40(45-28-13-17-31(18-14-28)66(55,56)57)37(23)49-51-42-46-38(26-10-9-24-5-2-3-6-25(24)19-26)41(64-42)50-48-29-20-33-32(36(21-29)68(61,62)63)7-4-8-35(33)67(58,59)60/h2-21H,1H3,(H2,44,45,47)(H,52,53,54)(H,55,56,57)(H,58,59,60)(H,61,62,63). The molecule has 0 radical (unpaired) electrons. The van der Waals surface area contributed by atoms with Gasteiger partial charge in [-0.1, -0.05) is 59.9 Å². The quantitative estimate of drug-likeness (QED) is 0.0462. The Morgan fingerprint density at radius 1 is 0.574 bits per heavy atom. The van der Waals surface area contributed by atoms with E-state index in [1.54, 1.807) is 6.07 Å². The minimum atomic E-state index is -4.98. The summed E-state index contributed by atoms with van der Waals surface area (Å²) in [6, 6.07) is 30.3. The lowest BCUT2D eigenvalue weighted by molar-refractivity contribution is 0.481. The zero-order chi connectivity index (χ0) is 48.8. The number of thiazole rings is 1. The van der Waals surface area contributed by atoms with E-state index >= 15 is 0 Å². The molecule has 0 atom stereocenters. The second-order valence-corrected chi connectivity index (χ2v) is 21.0. The summed E-state index contributed by atoms with van der Waals surface area (Å²) < 4.78 is 135. The predicted molar refractivity (Wildman–Crippen MR) is 250 cm³/mol. The smallest absolute Gasteiger partial charge is 0.295 e. The molecule has 0 saturated carbocycles. The molecule has 68 heavy (non-hydrogen) atoms. The van der Waals surface area contributed by atoms with Crippen molar-refractivity contribution >= 4 is 118 Å². The molecule has 6 N–H and O–H groups in total. The van der Waals surface area contributed by atoms with Crippen LogP contribution in [0, 0.1) is 18.3 Å². The van der Waals surface area contributed by atoms with Crippen molar-refractivity contribution in [3.8, 4) is 17.3 Å². The number of benzene rings is 6. The zero-order valence-electron chi connectivity index (χ0n) is 34.3. The van der Waals surface area contributed by atoms with E-state index in [2.05, 4.69) is 47.1 Å². The maximum Gasteiger partial charge on any atom is 0.295 e. The Bertz CT molecular complexity index is 3940. The van der Waals surface area contributed by atoms with Gasteiger partial charge in [-0.25, -0.2) is 9.97 Å². The summed E-state index contributed by atoms with van der Waals surface area (Å²) in [6.07, 6.45) is 0. The van der Waals surface area contributed by atoms with Crippen molar-refractivity contribution in [2.45, 2.75) is 26.5 Å². The molecule has 8 aromatic rings. The maximum absolute atomic E-state index is 12.5. The summed E-state index contributed by atoms with van der Waals surface area (Å²) in [7, 11) is -18.9. The van der Waals surface area contributed by atoms with Gasteiger partial charge in [0, 0.05) is 33.3 Å². The predicted octanol–water partition coefficient (Wildman–Crippen LogP) is 10.00. The van der Waals surface area contributed by atoms with Gasteiger partial charge >= 0.3 is 0 Å². The van der Waals surface area contributed by atoms with E-state index in [9.17, 15) is 57.1 Å². The van der Waals surface area contributed by atoms with Crippen LogP contribution in [0.15, 0.2) is 161 Å². The molecule has 2 aromatic heterocycles. The SMILES string of the molecule is Cc1c(C#N)c(Nc2ccc(S(=O)(=O)O)cc2)nc(Nc2ccc(S(=O)(=O)O)cc2)c1N=Nc1nc(-c2ccc3ccccc3c2)c(N=Nc2cc(S(=O)(=O)O)c3cccc(S(=O)(=O)O)c3c2)s1. The van der Waals surface area contributed by atoms with Crippen molar-refractivity contribution in [2.75, 3.05) is 10.6 Å². The summed E-state index contributed by atoms with van der Waals surface area (Å²) in [5, 5.41) is 35.0. The van der Waals surface area contributed by atoms with Gasteiger partial charge in [0.1, 0.15) is 27.2 Å². The number of nitriles is 1. The third-order valence-corrected chi connectivity index (χ3v) is 14.3. The molecule has 0 unspecified atom stereocenters. The van der Waals surface area contributed by atoms with Crippen molar-refractivity contribution in [3.63, 3.8) is 0 Å². The van der Waals surface area contributed by atoms with Gasteiger partial charge in [-0.2, -0.15) is 38.9 Å². The van der Waals surface area contributed by atoms with E-state index in [0.29, 0.717) is 5.56 Å². The zero-order valence-corrected chi connectivity index (χ0v) is 38.4. The Kier molecular flexibility index (Phi) is 12.4. The highest BCUT2D eigenvalue weighted by Gasteiger charge is 2.23. The Labute approximate surface area is 390 Å². The van der Waals surface area contributed by atoms with Crippen LogP contribution in [0.3, 0.4) is 0 Å². The summed E-state index contributed by atoms with van der Waals surface area (Å²) in [4.78, 5) is 7.12. The number of fused-ring (bicyclic) bond motifs is 2. The molecule has 0 aliphatic rings. The lowest BCUT2D eigenvalue weighted by atomic mass is 10.1. The summed E-state index contributed by atoms with van der Waals surface area (Å²) in [5.74, 6) is -0.0750. The minimum Gasteiger partial charge on any atom is -0.339 e. The second-order valence-electron chi connectivity index (χ2n) is 14.4. The van der Waals surface area contributed by atoms with Crippen molar-refractivity contribution in [1.29, 1.82) is 5.26 Å². The van der Waals surface area contributed by atoms with Gasteiger partial charge in [-0.05, 0) is 90.5 Å². The van der Waals surface area contributed by atoms with Crippen LogP contribution in [0.1, 0.15) is 11.1 Å². The van der Waals surface area contributed by atoms with E-state index in [-0.39, 0.29) is 77.0 Å². The van der Waals surface area contributed by atoms with Gasteiger partial charge in [-0.15, -0.1) is 20.5 Å². The van der Waals surface area contributed by atoms with Crippen LogP contribution in [0.4, 0.5) is 44.5 Å². The highest BCUT2D eigenvalue weighted by atomic mass is 32.2. The van der Waals surface area contributed by atoms with Gasteiger partial charge in [-0.3, -0.25) is 18.2 Å². The van der Waals surface area contributed by atoms with Crippen LogP contribution in [0.5, 0.6) is 0 Å². The highest BCUT2D eigenvalue weighted by molar-refractivity contribution is 7.86. The number of hydrogen-bond acceptors (Lipinski definition) is 18. The van der Waals surface area contributed by atoms with Gasteiger partial charge in [0.25, 0.3) is 40.5 Å². The van der Waals surface area contributed by atoms with Crippen LogP contribution < -0.4 is 10.6 Å². The van der Waals surface area contributed by atoms with Gasteiger partial charge < -0.3 is 10.6 Å². The van der Waals surface area contributed by atoms with Crippen molar-refractivity contribution in [1.82, 2.24) is 9.97 Å². The van der Waals surface area contributed by atoms with E-state index in [0.717, 1.165) is 64.6 Å². The molecule has 2 heterocycles. The first-order valence-corrected chi connectivity index (χ1v) is 25.6. The molecule has 0 aliphatic carbocycles. The first kappa shape index (κ1) is 47.1. The van der Waals surface area contributed by atoms with Crippen molar-refractivity contribution in [3.05, 3.63) is 132 Å². The number of anilines is 4. The van der Waals surface area contributed by atoms with Crippen molar-refractivity contribution in [2.24, 2.45) is 20.5 Å². The molecule has 0 aliphatic heterocycles. The monoisotopic (exact) mass is 1010 g/mol. The Hall–Kier alpha value is -7.45. The average Bonchev–Trinajstić information content (AvgIpc) is 3.69. The molecule has 0 saturated heterocycles. The van der Waals surface area contributed by atoms with Crippen LogP contribution in [0.25, 0.3) is 32.8 Å². The molecular formula is C42H29N9O12S5. The summed E-state index contributed by atoms with van der Waals surface area (Å²) in [5.41, 5.74) is 1.19. The highest BCUT2D eigenvalue weighted by Crippen LogP contribution is 2.44. The summed E-state index contributed by atoms with van der Waals surface area (Å²) >= 11 is 0.861. The minimum absolute atomic E-state index is 0.0122. The number of hydrogen-bond donors (Lipinski definition) is 6. The first-order valence-electron chi connectivity index (χ1n) is 19.1. The molecule has 0 fully saturated rings. The Morgan fingerprint density at radius 2 is 1.18 bits per heavy atom. The topological polar surface area (TPSA) is 341 Å². The molecule has 26 heteroatoms. The fraction of sp³-hybridized carbons (Fsp3) is 0.0238. The number of nitrogens with one attached hydrogen (secondary N) is 2. The van der Waals surface area contributed by atoms with E-state index in [1.807, 2.05) is 36.4 Å². The fourth-order valence-electron chi connectivity index (χ4n) is 6.76. The van der Waals surface area contributed by atoms with Crippen LogP contribution in [-0.2, 0) is 40.5 Å². The third-order valence-electron chi connectivity index (χ3n) is 9.93. The van der Waals surface area contributed by atoms with E-state index in [4.69, 9.17) is 0 Å². The lowest BCUT2D eigenvalue weighted by Crippen LogP contribution is -2.05. The molecule has 6 aromatic carbocycles. The Morgan fingerprint density at radius 3 is 1.76 bits per heavy atom. The van der Waals surface area contributed by atoms with Gasteiger partial charge in [0.15, 0.2) is 16.6 Å². The second kappa shape index (κ2) is 18.0. The molecule has 8 rings (SSSR count). The van der Waals surface area contributed by atoms with Crippen molar-refractivity contribution < 1.29 is 51.9 Å². The van der Waals surface area contributed by atoms with Gasteiger partial charge in [0.05, 0.1) is 21.0 Å². The molecule has 21 nitrogen and oxygen atoms in total. The molecule has 0 amide bonds. The van der Waals surface area contributed by atoms with Crippen LogP contribution in [-0.4, -0.2) is 61.9 Å². The van der Waals surface area contributed by atoms with Gasteiger partial charge in [0.2, 0.25) is 5.13 Å². The fourth-order valence-corrected chi connectivity index (χ4v) is 9.88. The van der Waals surface area contributed by atoms with E-state index < -0.39 is 55.2 Å². The van der Waals surface area contributed by atoms with E-state index in [1.165, 1.54) is 43.3 Å². The number of aromatic nitrogens is 2. The lowest BCUT2D eigenvalue weighted by Gasteiger charge is -2.16. The van der Waals surface area contributed by atoms with Crippen LogP contribution >= 0.6 is 11.3 Å². The number of azo groups is 2. The number of pyridine rings is 1. The maximum atomic E-state index is 12.5. The largest absolute Gasteiger partial charge is 0.339 e. The third kappa shape index (κ3) is 10.1. The molecule has 0 spiro atoms. The molecular weight excluding hydrogens is 983 g/mol.